The van der Waals surface area contributed by atoms with E-state index in [4.69, 9.17) is 9.84 Å². The molecule has 1 aliphatic heterocycles. The molecule has 1 saturated carbocycles. The Morgan fingerprint density at radius 1 is 1.25 bits per heavy atom. The molecule has 1 aliphatic carbocycles. The minimum absolute atomic E-state index is 0.000214. The van der Waals surface area contributed by atoms with Crippen molar-refractivity contribution in [2.24, 2.45) is 0 Å². The third-order valence-electron chi connectivity index (χ3n) is 7.16. The van der Waals surface area contributed by atoms with Gasteiger partial charge in [-0.2, -0.15) is 0 Å². The highest BCUT2D eigenvalue weighted by Gasteiger charge is 2.49. The number of methoxy groups -OCH3 is 1. The number of carbonyl (C=O) groups excluding carboxylic acids is 2. The van der Waals surface area contributed by atoms with Crippen molar-refractivity contribution in [2.75, 3.05) is 47.4 Å². The molecule has 1 saturated heterocycles. The van der Waals surface area contributed by atoms with Gasteiger partial charge in [-0.1, -0.05) is 30.3 Å². The Bertz CT molecular complexity index is 763. The Hall–Kier alpha value is -2.16. The molecule has 32 heavy (non-hydrogen) atoms. The van der Waals surface area contributed by atoms with Crippen LogP contribution in [-0.2, 0) is 14.9 Å². The van der Waals surface area contributed by atoms with Gasteiger partial charge in [0.05, 0.1) is 12.1 Å². The molecule has 3 amide bonds. The van der Waals surface area contributed by atoms with E-state index in [0.29, 0.717) is 13.1 Å². The molecule has 1 aromatic carbocycles. The molecule has 8 nitrogen and oxygen atoms in total. The number of amides is 3. The Labute approximate surface area is 191 Å². The summed E-state index contributed by atoms with van der Waals surface area (Å²) in [6.07, 6.45) is 4.90. The summed E-state index contributed by atoms with van der Waals surface area (Å²) < 4.78 is 5.79. The molecule has 2 fully saturated rings. The Kier molecular flexibility index (Phi) is 8.14. The maximum atomic E-state index is 12.6. The fraction of sp³-hybridized carbons (Fsp3) is 0.667. The smallest absolute Gasteiger partial charge is 0.317 e. The van der Waals surface area contributed by atoms with Gasteiger partial charge in [-0.15, -0.1) is 0 Å². The molecule has 0 radical (unpaired) electrons. The minimum atomic E-state index is -0.238. The highest BCUT2D eigenvalue weighted by atomic mass is 16.5. The van der Waals surface area contributed by atoms with Crippen molar-refractivity contribution in [3.05, 3.63) is 35.9 Å². The van der Waals surface area contributed by atoms with Crippen molar-refractivity contribution in [2.45, 2.75) is 55.7 Å². The third kappa shape index (κ3) is 5.60. The number of nitrogens with one attached hydrogen (secondary N) is 2. The second-order valence-corrected chi connectivity index (χ2v) is 9.46. The molecule has 3 N–H and O–H groups in total. The number of rotatable bonds is 10. The van der Waals surface area contributed by atoms with Crippen molar-refractivity contribution in [3.63, 3.8) is 0 Å². The number of aliphatic hydroxyl groups excluding tert-OH is 1. The topological polar surface area (TPSA) is 94.1 Å². The Morgan fingerprint density at radius 3 is 2.53 bits per heavy atom. The van der Waals surface area contributed by atoms with Crippen molar-refractivity contribution < 1.29 is 19.4 Å². The molecule has 1 atom stereocenters. The van der Waals surface area contributed by atoms with Crippen LogP contribution in [0.15, 0.2) is 30.3 Å². The summed E-state index contributed by atoms with van der Waals surface area (Å²) >= 11 is 0. The average Bonchev–Trinajstić information content (AvgIpc) is 3.11. The quantitative estimate of drug-likeness (QED) is 0.476. The summed E-state index contributed by atoms with van der Waals surface area (Å²) in [6.45, 7) is 1.18. The van der Waals surface area contributed by atoms with E-state index in [-0.39, 0.29) is 48.7 Å². The minimum Gasteiger partial charge on any atom is -0.395 e. The number of benzene rings is 1. The zero-order chi connectivity index (χ0) is 23.2. The van der Waals surface area contributed by atoms with Gasteiger partial charge < -0.3 is 25.4 Å². The van der Waals surface area contributed by atoms with Crippen LogP contribution in [0, 0.1) is 0 Å². The van der Waals surface area contributed by atoms with Crippen LogP contribution in [0.5, 0.6) is 0 Å². The first-order valence-corrected chi connectivity index (χ1v) is 11.5. The van der Waals surface area contributed by atoms with Crippen LogP contribution in [0.25, 0.3) is 0 Å². The van der Waals surface area contributed by atoms with Crippen LogP contribution in [0.4, 0.5) is 4.79 Å². The van der Waals surface area contributed by atoms with Gasteiger partial charge in [-0.05, 0) is 57.2 Å². The van der Waals surface area contributed by atoms with Crippen molar-refractivity contribution in [1.82, 2.24) is 20.4 Å². The van der Waals surface area contributed by atoms with Crippen molar-refractivity contribution in [3.8, 4) is 0 Å². The fourth-order valence-electron chi connectivity index (χ4n) is 5.19. The standard InChI is InChI=1S/C24H38N4O4/c1-27(2)21(32-3)17-23(19-7-5-4-6-8-19)10-12-24(13-11-23)18-28(22(31)26-24)15-9-20(30)25-14-16-29/h4-8,21,29H,9-18H2,1-3H3,(H,25,30)(H,26,31)/t21-,23?,24?/m0/s1. The first-order valence-electron chi connectivity index (χ1n) is 11.5. The summed E-state index contributed by atoms with van der Waals surface area (Å²) in [6, 6.07) is 10.6. The zero-order valence-corrected chi connectivity index (χ0v) is 19.6. The van der Waals surface area contributed by atoms with E-state index in [2.05, 4.69) is 39.8 Å². The van der Waals surface area contributed by atoms with Crippen LogP contribution < -0.4 is 10.6 Å². The lowest BCUT2D eigenvalue weighted by molar-refractivity contribution is -0.121. The maximum Gasteiger partial charge on any atom is 0.317 e. The van der Waals surface area contributed by atoms with Gasteiger partial charge in [0.15, 0.2) is 0 Å². The van der Waals surface area contributed by atoms with Crippen LogP contribution in [-0.4, -0.2) is 86.1 Å². The normalized spacial score (nSPS) is 26.4. The first kappa shape index (κ1) is 24.5. The molecule has 178 valence electrons. The zero-order valence-electron chi connectivity index (χ0n) is 19.6. The van der Waals surface area contributed by atoms with Gasteiger partial charge in [0.1, 0.15) is 6.23 Å². The predicted molar refractivity (Wildman–Crippen MR) is 123 cm³/mol. The van der Waals surface area contributed by atoms with Gasteiger partial charge in [0.25, 0.3) is 0 Å². The number of nitrogens with zero attached hydrogens (tertiary/aromatic N) is 2. The summed E-state index contributed by atoms with van der Waals surface area (Å²) in [5, 5.41) is 14.7. The molecule has 0 unspecified atom stereocenters. The first-order chi connectivity index (χ1) is 15.3. The summed E-state index contributed by atoms with van der Waals surface area (Å²) in [4.78, 5) is 28.4. The van der Waals surface area contributed by atoms with E-state index >= 15 is 0 Å². The third-order valence-corrected chi connectivity index (χ3v) is 7.16. The Balaban J connectivity index is 1.67. The number of hydrogen-bond donors (Lipinski definition) is 3. The van der Waals surface area contributed by atoms with Crippen LogP contribution in [0.1, 0.15) is 44.1 Å². The molecule has 1 aromatic rings. The van der Waals surface area contributed by atoms with Gasteiger partial charge >= 0.3 is 6.03 Å². The van der Waals surface area contributed by atoms with Crippen molar-refractivity contribution in [1.29, 1.82) is 0 Å². The van der Waals surface area contributed by atoms with E-state index in [0.717, 1.165) is 32.1 Å². The SMILES string of the molecule is CO[C@@H](CC1(c2ccccc2)CCC2(CC1)CN(CCC(=O)NCCO)C(=O)N2)N(C)C. The van der Waals surface area contributed by atoms with Gasteiger partial charge in [-0.25, -0.2) is 4.79 Å². The van der Waals surface area contributed by atoms with E-state index in [1.54, 1.807) is 12.0 Å². The number of aliphatic hydroxyl groups is 1. The van der Waals surface area contributed by atoms with E-state index < -0.39 is 0 Å². The lowest BCUT2D eigenvalue weighted by Crippen LogP contribution is -2.51. The molecule has 3 rings (SSSR count). The fourth-order valence-corrected chi connectivity index (χ4v) is 5.19. The molecule has 1 spiro atoms. The number of ether oxygens (including phenoxy) is 1. The molecular formula is C24H38N4O4. The monoisotopic (exact) mass is 446 g/mol. The highest BCUT2D eigenvalue weighted by molar-refractivity contribution is 5.80. The Morgan fingerprint density at radius 2 is 1.94 bits per heavy atom. The second kappa shape index (κ2) is 10.6. The number of carbonyl (C=O) groups is 2. The molecule has 2 aliphatic rings. The summed E-state index contributed by atoms with van der Waals surface area (Å²) in [5.41, 5.74) is 1.10. The largest absolute Gasteiger partial charge is 0.395 e. The molecule has 8 heteroatoms. The number of urea groups is 1. The van der Waals surface area contributed by atoms with E-state index in [1.807, 2.05) is 20.2 Å². The molecular weight excluding hydrogens is 408 g/mol. The predicted octanol–water partition coefficient (Wildman–Crippen LogP) is 1.69. The molecule has 1 heterocycles. The highest BCUT2D eigenvalue weighted by Crippen LogP contribution is 2.47. The maximum absolute atomic E-state index is 12.6. The lowest BCUT2D eigenvalue weighted by Gasteiger charge is -2.47. The van der Waals surface area contributed by atoms with Gasteiger partial charge in [0.2, 0.25) is 5.91 Å². The number of hydrogen-bond acceptors (Lipinski definition) is 5. The van der Waals surface area contributed by atoms with Gasteiger partial charge in [0, 0.05) is 33.2 Å². The van der Waals surface area contributed by atoms with E-state index in [1.165, 1.54) is 5.56 Å². The summed E-state index contributed by atoms with van der Waals surface area (Å²) in [7, 11) is 5.85. The summed E-state index contributed by atoms with van der Waals surface area (Å²) in [5.74, 6) is -0.145. The van der Waals surface area contributed by atoms with E-state index in [9.17, 15) is 9.59 Å². The molecule has 0 aromatic heterocycles. The van der Waals surface area contributed by atoms with Gasteiger partial charge in [-0.3, -0.25) is 9.69 Å². The van der Waals surface area contributed by atoms with Crippen LogP contribution >= 0.6 is 0 Å². The van der Waals surface area contributed by atoms with Crippen molar-refractivity contribution >= 4 is 11.9 Å². The average molecular weight is 447 g/mol. The lowest BCUT2D eigenvalue weighted by atomic mass is 9.62. The van der Waals surface area contributed by atoms with Crippen LogP contribution in [0.2, 0.25) is 0 Å². The molecule has 0 bridgehead atoms. The van der Waals surface area contributed by atoms with Crippen LogP contribution in [0.3, 0.4) is 0 Å². The second-order valence-electron chi connectivity index (χ2n) is 9.46.